The molecule has 0 fully saturated rings. The summed E-state index contributed by atoms with van der Waals surface area (Å²) in [6.45, 7) is 1.28. The maximum Gasteiger partial charge on any atom is 0.331 e. The minimum absolute atomic E-state index is 0.467. The molecule has 92 valence electrons. The highest BCUT2D eigenvalue weighted by atomic mass is 79.9. The lowest BCUT2D eigenvalue weighted by molar-refractivity contribution is -0.140. The third-order valence-corrected chi connectivity index (χ3v) is 2.65. The fourth-order valence-corrected chi connectivity index (χ4v) is 1.61. The van der Waals surface area contributed by atoms with Gasteiger partial charge in [0, 0.05) is 17.0 Å². The Balaban J connectivity index is 2.12. The van der Waals surface area contributed by atoms with Crippen molar-refractivity contribution >= 4 is 28.1 Å². The summed E-state index contributed by atoms with van der Waals surface area (Å²) < 4.78 is 6.54. The van der Waals surface area contributed by atoms with E-state index in [4.69, 9.17) is 4.42 Å². The lowest BCUT2D eigenvalue weighted by Gasteiger charge is -1.96. The Morgan fingerprint density at radius 3 is 2.67 bits per heavy atom. The van der Waals surface area contributed by atoms with Crippen LogP contribution in [0.15, 0.2) is 50.4 Å². The minimum Gasteiger partial charge on any atom is -0.455 e. The van der Waals surface area contributed by atoms with Crippen molar-refractivity contribution in [3.8, 4) is 11.3 Å². The maximum absolute atomic E-state index is 10.5. The van der Waals surface area contributed by atoms with Crippen LogP contribution in [0.25, 0.3) is 11.3 Å². The second-order valence-electron chi connectivity index (χ2n) is 3.53. The number of nitrogens with zero attached hydrogens (tertiary/aromatic N) is 1. The molecule has 0 radical (unpaired) electrons. The van der Waals surface area contributed by atoms with Crippen LogP contribution in [0.2, 0.25) is 0 Å². The van der Waals surface area contributed by atoms with E-state index in [1.165, 1.54) is 13.1 Å². The molecule has 0 aliphatic carbocycles. The van der Waals surface area contributed by atoms with Gasteiger partial charge in [-0.2, -0.15) is 0 Å². The quantitative estimate of drug-likeness (QED) is 0.494. The predicted octanol–water partition coefficient (Wildman–Crippen LogP) is 3.61. The third kappa shape index (κ3) is 3.30. The van der Waals surface area contributed by atoms with Crippen molar-refractivity contribution in [3.05, 3.63) is 46.6 Å². The van der Waals surface area contributed by atoms with Gasteiger partial charge in [0.2, 0.25) is 0 Å². The van der Waals surface area contributed by atoms with E-state index in [-0.39, 0.29) is 0 Å². The second kappa shape index (κ2) is 5.64. The standard InChI is InChI=1S/C13H10BrNO3/c1-9(16)18-15-8-12-6-7-13(17-12)10-2-4-11(14)5-3-10/h2-8H,1H3/b15-8-. The van der Waals surface area contributed by atoms with Crippen molar-refractivity contribution in [1.82, 2.24) is 0 Å². The Morgan fingerprint density at radius 2 is 2.00 bits per heavy atom. The lowest BCUT2D eigenvalue weighted by Crippen LogP contribution is -1.90. The van der Waals surface area contributed by atoms with E-state index in [0.29, 0.717) is 5.76 Å². The Labute approximate surface area is 112 Å². The van der Waals surface area contributed by atoms with E-state index in [1.807, 2.05) is 30.3 Å². The molecule has 18 heavy (non-hydrogen) atoms. The number of hydrogen-bond acceptors (Lipinski definition) is 4. The first kappa shape index (κ1) is 12.6. The van der Waals surface area contributed by atoms with Gasteiger partial charge in [-0.3, -0.25) is 0 Å². The normalized spacial score (nSPS) is 10.8. The largest absolute Gasteiger partial charge is 0.455 e. The number of benzene rings is 1. The second-order valence-corrected chi connectivity index (χ2v) is 4.44. The number of hydrogen-bond donors (Lipinski definition) is 0. The van der Waals surface area contributed by atoms with Gasteiger partial charge >= 0.3 is 5.97 Å². The van der Waals surface area contributed by atoms with Gasteiger partial charge in [-0.15, -0.1) is 0 Å². The monoisotopic (exact) mass is 307 g/mol. The molecular formula is C13H10BrNO3. The van der Waals surface area contributed by atoms with Crippen molar-refractivity contribution in [2.24, 2.45) is 5.16 Å². The molecule has 0 saturated heterocycles. The highest BCUT2D eigenvalue weighted by molar-refractivity contribution is 9.10. The van der Waals surface area contributed by atoms with Crippen LogP contribution in [0, 0.1) is 0 Å². The first-order chi connectivity index (χ1) is 8.65. The average molecular weight is 308 g/mol. The zero-order chi connectivity index (χ0) is 13.0. The summed E-state index contributed by atoms with van der Waals surface area (Å²) in [5.74, 6) is 0.784. The molecule has 0 amide bonds. The number of halogens is 1. The molecule has 0 aliphatic rings. The summed E-state index contributed by atoms with van der Waals surface area (Å²) in [5, 5.41) is 3.49. The van der Waals surface area contributed by atoms with E-state index < -0.39 is 5.97 Å². The van der Waals surface area contributed by atoms with Crippen molar-refractivity contribution in [1.29, 1.82) is 0 Å². The topological polar surface area (TPSA) is 51.8 Å². The molecule has 0 bridgehead atoms. The third-order valence-electron chi connectivity index (χ3n) is 2.12. The molecule has 1 heterocycles. The lowest BCUT2D eigenvalue weighted by atomic mass is 10.2. The van der Waals surface area contributed by atoms with Crippen LogP contribution in [0.1, 0.15) is 12.7 Å². The summed E-state index contributed by atoms with van der Waals surface area (Å²) in [5.41, 5.74) is 0.963. The van der Waals surface area contributed by atoms with Crippen LogP contribution in [-0.4, -0.2) is 12.2 Å². The van der Waals surface area contributed by atoms with Crippen molar-refractivity contribution in [2.45, 2.75) is 6.92 Å². The SMILES string of the molecule is CC(=O)O/N=C\c1ccc(-c2ccc(Br)cc2)o1. The summed E-state index contributed by atoms with van der Waals surface area (Å²) in [6.07, 6.45) is 1.35. The predicted molar refractivity (Wildman–Crippen MR) is 71.2 cm³/mol. The molecule has 0 atom stereocenters. The number of carbonyl (C=O) groups excluding carboxylic acids is 1. The van der Waals surface area contributed by atoms with Gasteiger partial charge in [0.05, 0.1) is 0 Å². The summed E-state index contributed by atoms with van der Waals surface area (Å²) in [7, 11) is 0. The number of oxime groups is 1. The zero-order valence-corrected chi connectivity index (χ0v) is 11.2. The summed E-state index contributed by atoms with van der Waals surface area (Å²) >= 11 is 3.37. The van der Waals surface area contributed by atoms with Gasteiger partial charge in [0.1, 0.15) is 17.7 Å². The van der Waals surface area contributed by atoms with Gasteiger partial charge in [-0.1, -0.05) is 33.2 Å². The molecule has 0 N–H and O–H groups in total. The molecule has 2 rings (SSSR count). The van der Waals surface area contributed by atoms with E-state index >= 15 is 0 Å². The van der Waals surface area contributed by atoms with E-state index in [9.17, 15) is 4.79 Å². The highest BCUT2D eigenvalue weighted by Gasteiger charge is 2.03. The van der Waals surface area contributed by atoms with Crippen LogP contribution in [0.5, 0.6) is 0 Å². The molecule has 0 saturated carbocycles. The molecule has 2 aromatic rings. The number of rotatable bonds is 3. The van der Waals surface area contributed by atoms with Crippen molar-refractivity contribution < 1.29 is 14.0 Å². The van der Waals surface area contributed by atoms with Gasteiger partial charge in [0.15, 0.2) is 0 Å². The highest BCUT2D eigenvalue weighted by Crippen LogP contribution is 2.23. The fraction of sp³-hybridized carbons (Fsp3) is 0.0769. The first-order valence-electron chi connectivity index (χ1n) is 5.22. The molecular weight excluding hydrogens is 298 g/mol. The first-order valence-corrected chi connectivity index (χ1v) is 6.01. The summed E-state index contributed by atoms with van der Waals surface area (Å²) in [6, 6.07) is 11.3. The van der Waals surface area contributed by atoms with Gasteiger partial charge < -0.3 is 9.25 Å². The number of carbonyl (C=O) groups is 1. The zero-order valence-electron chi connectivity index (χ0n) is 9.59. The molecule has 0 spiro atoms. The number of furan rings is 1. The van der Waals surface area contributed by atoms with Gasteiger partial charge in [-0.05, 0) is 24.3 Å². The molecule has 1 aromatic heterocycles. The molecule has 0 aliphatic heterocycles. The Bertz CT molecular complexity index is 572. The van der Waals surface area contributed by atoms with Crippen LogP contribution < -0.4 is 0 Å². The molecule has 4 nitrogen and oxygen atoms in total. The Hall–Kier alpha value is -1.88. The smallest absolute Gasteiger partial charge is 0.331 e. The van der Waals surface area contributed by atoms with Gasteiger partial charge in [0.25, 0.3) is 0 Å². The van der Waals surface area contributed by atoms with E-state index in [1.54, 1.807) is 6.07 Å². The van der Waals surface area contributed by atoms with Gasteiger partial charge in [-0.25, -0.2) is 4.79 Å². The fourth-order valence-electron chi connectivity index (χ4n) is 1.34. The molecule has 5 heteroatoms. The maximum atomic E-state index is 10.5. The van der Waals surface area contributed by atoms with E-state index in [2.05, 4.69) is 25.9 Å². The van der Waals surface area contributed by atoms with Crippen LogP contribution >= 0.6 is 15.9 Å². The van der Waals surface area contributed by atoms with Crippen LogP contribution in [0.4, 0.5) is 0 Å². The van der Waals surface area contributed by atoms with Crippen LogP contribution in [-0.2, 0) is 9.63 Å². The van der Waals surface area contributed by atoms with Crippen molar-refractivity contribution in [2.75, 3.05) is 0 Å². The Kier molecular flexibility index (Phi) is 3.94. The minimum atomic E-state index is -0.467. The average Bonchev–Trinajstić information content (AvgIpc) is 2.78. The Morgan fingerprint density at radius 1 is 1.28 bits per heavy atom. The molecule has 1 aromatic carbocycles. The summed E-state index contributed by atoms with van der Waals surface area (Å²) in [4.78, 5) is 15.0. The molecule has 0 unspecified atom stereocenters. The van der Waals surface area contributed by atoms with Crippen molar-refractivity contribution in [3.63, 3.8) is 0 Å². The van der Waals surface area contributed by atoms with E-state index in [0.717, 1.165) is 15.8 Å². The van der Waals surface area contributed by atoms with Crippen LogP contribution in [0.3, 0.4) is 0 Å².